The fourth-order valence-corrected chi connectivity index (χ4v) is 3.27. The zero-order valence-electron chi connectivity index (χ0n) is 13.7. The molecule has 5 aromatic rings. The summed E-state index contributed by atoms with van der Waals surface area (Å²) < 4.78 is 8.01. The quantitative estimate of drug-likeness (QED) is 0.451. The first-order chi connectivity index (χ1) is 12.3. The van der Waals surface area contributed by atoms with E-state index in [0.717, 1.165) is 44.6 Å². The molecule has 0 atom stereocenters. The highest BCUT2D eigenvalue weighted by molar-refractivity contribution is 5.88. The number of hydrogen-bond donors (Lipinski definition) is 0. The Labute approximate surface area is 144 Å². The smallest absolute Gasteiger partial charge is 0.154 e. The SMILES string of the molecule is Cc1cnn(-c2cccc3cccnc23)c1-c1cc2ccccc2o1. The Hall–Kier alpha value is -3.40. The van der Waals surface area contributed by atoms with Gasteiger partial charge in [0.05, 0.1) is 17.4 Å². The molecule has 0 fully saturated rings. The predicted octanol–water partition coefficient (Wildman–Crippen LogP) is 5.14. The van der Waals surface area contributed by atoms with Gasteiger partial charge in [-0.05, 0) is 36.8 Å². The fourth-order valence-electron chi connectivity index (χ4n) is 3.27. The molecule has 0 N–H and O–H groups in total. The molecule has 0 bridgehead atoms. The molecular weight excluding hydrogens is 310 g/mol. The number of aromatic nitrogens is 3. The van der Waals surface area contributed by atoms with Crippen LogP contribution in [0.4, 0.5) is 0 Å². The number of pyridine rings is 1. The molecule has 0 saturated carbocycles. The minimum Gasteiger partial charge on any atom is -0.454 e. The lowest BCUT2D eigenvalue weighted by Gasteiger charge is -2.09. The normalized spacial score (nSPS) is 11.4. The standard InChI is InChI=1S/C21H15N3O/c1-14-13-23-24(17-9-4-7-15-8-5-11-22-20(15)17)21(14)19-12-16-6-2-3-10-18(16)25-19/h2-13H,1H3. The van der Waals surface area contributed by atoms with Gasteiger partial charge in [0.15, 0.2) is 5.76 Å². The maximum absolute atomic E-state index is 6.09. The van der Waals surface area contributed by atoms with Crippen molar-refractivity contribution in [3.63, 3.8) is 0 Å². The number of benzene rings is 2. The third kappa shape index (κ3) is 2.15. The molecule has 3 heterocycles. The Bertz CT molecular complexity index is 1180. The number of aryl methyl sites for hydroxylation is 1. The van der Waals surface area contributed by atoms with Crippen LogP contribution < -0.4 is 0 Å². The Balaban J connectivity index is 1.79. The van der Waals surface area contributed by atoms with Crippen LogP contribution >= 0.6 is 0 Å². The molecule has 4 nitrogen and oxygen atoms in total. The van der Waals surface area contributed by atoms with Crippen LogP contribution in [-0.2, 0) is 0 Å². The van der Waals surface area contributed by atoms with Gasteiger partial charge in [0.1, 0.15) is 11.3 Å². The molecule has 0 aliphatic rings. The van der Waals surface area contributed by atoms with Gasteiger partial charge in [0.25, 0.3) is 0 Å². The number of fused-ring (bicyclic) bond motifs is 2. The van der Waals surface area contributed by atoms with Crippen molar-refractivity contribution in [2.24, 2.45) is 0 Å². The number of hydrogen-bond acceptors (Lipinski definition) is 3. The van der Waals surface area contributed by atoms with Gasteiger partial charge in [-0.3, -0.25) is 4.98 Å². The summed E-state index contributed by atoms with van der Waals surface area (Å²) in [5, 5.41) is 6.77. The fraction of sp³-hybridized carbons (Fsp3) is 0.0476. The number of rotatable bonds is 2. The van der Waals surface area contributed by atoms with E-state index < -0.39 is 0 Å². The van der Waals surface area contributed by atoms with Crippen molar-refractivity contribution in [1.29, 1.82) is 0 Å². The average Bonchev–Trinajstić information content (AvgIpc) is 3.24. The number of para-hydroxylation sites is 2. The number of furan rings is 1. The molecule has 0 spiro atoms. The average molecular weight is 325 g/mol. The molecule has 0 amide bonds. The van der Waals surface area contributed by atoms with Crippen LogP contribution in [0.5, 0.6) is 0 Å². The van der Waals surface area contributed by atoms with Crippen molar-refractivity contribution in [3.05, 3.63) is 78.6 Å². The summed E-state index contributed by atoms with van der Waals surface area (Å²) in [4.78, 5) is 4.55. The molecule has 5 rings (SSSR count). The van der Waals surface area contributed by atoms with E-state index in [9.17, 15) is 0 Å². The van der Waals surface area contributed by atoms with Gasteiger partial charge in [-0.25, -0.2) is 4.68 Å². The van der Waals surface area contributed by atoms with Crippen LogP contribution in [0.1, 0.15) is 5.56 Å². The maximum Gasteiger partial charge on any atom is 0.154 e. The highest BCUT2D eigenvalue weighted by atomic mass is 16.3. The van der Waals surface area contributed by atoms with E-state index in [1.165, 1.54) is 0 Å². The molecular formula is C21H15N3O. The molecule has 0 saturated heterocycles. The van der Waals surface area contributed by atoms with Crippen LogP contribution in [0.25, 0.3) is 39.0 Å². The lowest BCUT2D eigenvalue weighted by molar-refractivity contribution is 0.623. The van der Waals surface area contributed by atoms with E-state index >= 15 is 0 Å². The Morgan fingerprint density at radius 1 is 0.920 bits per heavy atom. The summed E-state index contributed by atoms with van der Waals surface area (Å²) in [6, 6.07) is 20.2. The van der Waals surface area contributed by atoms with E-state index in [1.54, 1.807) is 0 Å². The molecule has 4 heteroatoms. The minimum absolute atomic E-state index is 0.809. The molecule has 0 aliphatic carbocycles. The van der Waals surface area contributed by atoms with Gasteiger partial charge < -0.3 is 4.42 Å². The largest absolute Gasteiger partial charge is 0.454 e. The summed E-state index contributed by atoms with van der Waals surface area (Å²) in [6.07, 6.45) is 3.67. The van der Waals surface area contributed by atoms with Crippen molar-refractivity contribution in [1.82, 2.24) is 14.8 Å². The van der Waals surface area contributed by atoms with Crippen molar-refractivity contribution >= 4 is 21.9 Å². The van der Waals surface area contributed by atoms with E-state index in [2.05, 4.69) is 34.3 Å². The molecule has 0 radical (unpaired) electrons. The van der Waals surface area contributed by atoms with E-state index in [-0.39, 0.29) is 0 Å². The van der Waals surface area contributed by atoms with E-state index in [4.69, 9.17) is 4.42 Å². The van der Waals surface area contributed by atoms with E-state index in [1.807, 2.05) is 60.4 Å². The van der Waals surface area contributed by atoms with Gasteiger partial charge in [0.2, 0.25) is 0 Å². The third-order valence-corrected chi connectivity index (χ3v) is 4.45. The maximum atomic E-state index is 6.09. The lowest BCUT2D eigenvalue weighted by Crippen LogP contribution is -2.00. The summed E-state index contributed by atoms with van der Waals surface area (Å²) in [5.74, 6) is 0.809. The van der Waals surface area contributed by atoms with Crippen LogP contribution in [0.2, 0.25) is 0 Å². The second-order valence-electron chi connectivity index (χ2n) is 6.09. The van der Waals surface area contributed by atoms with Crippen LogP contribution in [-0.4, -0.2) is 14.8 Å². The Morgan fingerprint density at radius 3 is 2.68 bits per heavy atom. The first-order valence-corrected chi connectivity index (χ1v) is 8.19. The summed E-state index contributed by atoms with van der Waals surface area (Å²) in [6.45, 7) is 2.05. The zero-order chi connectivity index (χ0) is 16.8. The Kier molecular flexibility index (Phi) is 2.97. The van der Waals surface area contributed by atoms with Gasteiger partial charge in [0, 0.05) is 17.0 Å². The molecule has 0 aliphatic heterocycles. The number of nitrogens with zero attached hydrogens (tertiary/aromatic N) is 3. The molecule has 3 aromatic heterocycles. The monoisotopic (exact) mass is 325 g/mol. The van der Waals surface area contributed by atoms with Crippen molar-refractivity contribution in [3.8, 4) is 17.1 Å². The van der Waals surface area contributed by atoms with Crippen molar-refractivity contribution in [2.45, 2.75) is 6.92 Å². The van der Waals surface area contributed by atoms with Gasteiger partial charge in [-0.1, -0.05) is 36.4 Å². The second kappa shape index (κ2) is 5.31. The molecule has 2 aromatic carbocycles. The van der Waals surface area contributed by atoms with Gasteiger partial charge in [-0.2, -0.15) is 5.10 Å². The first kappa shape index (κ1) is 14.0. The second-order valence-corrected chi connectivity index (χ2v) is 6.09. The highest BCUT2D eigenvalue weighted by Gasteiger charge is 2.17. The van der Waals surface area contributed by atoms with Crippen molar-refractivity contribution < 1.29 is 4.42 Å². The molecule has 120 valence electrons. The van der Waals surface area contributed by atoms with E-state index in [0.29, 0.717) is 0 Å². The summed E-state index contributed by atoms with van der Waals surface area (Å²) in [5.41, 5.74) is 4.76. The molecule has 25 heavy (non-hydrogen) atoms. The minimum atomic E-state index is 0.809. The molecule has 0 unspecified atom stereocenters. The highest BCUT2D eigenvalue weighted by Crippen LogP contribution is 2.32. The topological polar surface area (TPSA) is 43.9 Å². The first-order valence-electron chi connectivity index (χ1n) is 8.19. The van der Waals surface area contributed by atoms with Crippen LogP contribution in [0, 0.1) is 6.92 Å². The predicted molar refractivity (Wildman–Crippen MR) is 98.8 cm³/mol. The van der Waals surface area contributed by atoms with Crippen LogP contribution in [0.15, 0.2) is 77.5 Å². The van der Waals surface area contributed by atoms with Crippen LogP contribution in [0.3, 0.4) is 0 Å². The summed E-state index contributed by atoms with van der Waals surface area (Å²) >= 11 is 0. The summed E-state index contributed by atoms with van der Waals surface area (Å²) in [7, 11) is 0. The van der Waals surface area contributed by atoms with Crippen molar-refractivity contribution in [2.75, 3.05) is 0 Å². The Morgan fingerprint density at radius 2 is 1.76 bits per heavy atom. The zero-order valence-corrected chi connectivity index (χ0v) is 13.7. The lowest BCUT2D eigenvalue weighted by atomic mass is 10.1. The third-order valence-electron chi connectivity index (χ3n) is 4.45. The van der Waals surface area contributed by atoms with Gasteiger partial charge >= 0.3 is 0 Å². The van der Waals surface area contributed by atoms with Gasteiger partial charge in [-0.15, -0.1) is 0 Å².